The van der Waals surface area contributed by atoms with Crippen LogP contribution in [0.5, 0.6) is 0 Å². The van der Waals surface area contributed by atoms with Gasteiger partial charge in [0.1, 0.15) is 0 Å². The van der Waals surface area contributed by atoms with E-state index in [1.807, 2.05) is 0 Å². The molecule has 1 aromatic carbocycles. The molecule has 2 aliphatic carbocycles. The summed E-state index contributed by atoms with van der Waals surface area (Å²) in [4.78, 5) is 0. The van der Waals surface area contributed by atoms with Gasteiger partial charge in [-0.05, 0) is 43.6 Å². The molecule has 2 fully saturated rings. The quantitative estimate of drug-likeness (QED) is 0.806. The predicted octanol–water partition coefficient (Wildman–Crippen LogP) is 3.06. The van der Waals surface area contributed by atoms with E-state index >= 15 is 0 Å². The van der Waals surface area contributed by atoms with Crippen LogP contribution < -0.4 is 5.73 Å². The monoisotopic (exact) mass is 215 g/mol. The predicted molar refractivity (Wildman–Crippen MR) is 67.2 cm³/mol. The third-order valence-corrected chi connectivity index (χ3v) is 4.63. The van der Waals surface area contributed by atoms with E-state index in [1.54, 1.807) is 0 Å². The Labute approximate surface area is 98.0 Å². The second-order valence-corrected chi connectivity index (χ2v) is 5.78. The Balaban J connectivity index is 1.76. The largest absolute Gasteiger partial charge is 0.324 e. The summed E-state index contributed by atoms with van der Waals surface area (Å²) in [5.41, 5.74) is 9.50. The van der Waals surface area contributed by atoms with Crippen molar-refractivity contribution in [3.8, 4) is 0 Å². The molecule has 1 aromatic rings. The molecule has 0 saturated heterocycles. The summed E-state index contributed by atoms with van der Waals surface area (Å²) >= 11 is 0. The molecule has 2 saturated carbocycles. The van der Waals surface area contributed by atoms with E-state index in [9.17, 15) is 0 Å². The van der Waals surface area contributed by atoms with Crippen LogP contribution in [0.3, 0.4) is 0 Å². The molecule has 3 rings (SSSR count). The SMILES string of the molecule is Cc1cccc(CC2(N)C3CCCCC32)c1. The molecule has 0 radical (unpaired) electrons. The minimum atomic E-state index is 0.143. The molecule has 0 bridgehead atoms. The molecule has 2 unspecified atom stereocenters. The Morgan fingerprint density at radius 1 is 1.25 bits per heavy atom. The van der Waals surface area contributed by atoms with Gasteiger partial charge in [-0.1, -0.05) is 42.7 Å². The van der Waals surface area contributed by atoms with Crippen LogP contribution in [0.2, 0.25) is 0 Å². The molecule has 0 spiro atoms. The molecule has 1 nitrogen and oxygen atoms in total. The van der Waals surface area contributed by atoms with Crippen molar-refractivity contribution in [3.63, 3.8) is 0 Å². The fourth-order valence-corrected chi connectivity index (χ4v) is 3.74. The van der Waals surface area contributed by atoms with E-state index in [0.29, 0.717) is 0 Å². The first-order valence-corrected chi connectivity index (χ1v) is 6.54. The zero-order chi connectivity index (χ0) is 11.2. The summed E-state index contributed by atoms with van der Waals surface area (Å²) in [6.45, 7) is 2.16. The first kappa shape index (κ1) is 10.3. The van der Waals surface area contributed by atoms with Gasteiger partial charge >= 0.3 is 0 Å². The maximum absolute atomic E-state index is 6.58. The molecule has 0 amide bonds. The molecule has 0 aliphatic heterocycles. The maximum atomic E-state index is 6.58. The fraction of sp³-hybridized carbons (Fsp3) is 0.600. The highest BCUT2D eigenvalue weighted by Crippen LogP contribution is 2.58. The van der Waals surface area contributed by atoms with Crippen LogP contribution in [-0.2, 0) is 6.42 Å². The molecule has 1 heteroatoms. The van der Waals surface area contributed by atoms with Gasteiger partial charge in [0, 0.05) is 5.54 Å². The van der Waals surface area contributed by atoms with E-state index < -0.39 is 0 Å². The molecule has 2 atom stereocenters. The summed E-state index contributed by atoms with van der Waals surface area (Å²) < 4.78 is 0. The average molecular weight is 215 g/mol. The van der Waals surface area contributed by atoms with Gasteiger partial charge < -0.3 is 5.73 Å². The Bertz CT molecular complexity index is 384. The van der Waals surface area contributed by atoms with E-state index in [2.05, 4.69) is 31.2 Å². The van der Waals surface area contributed by atoms with Crippen LogP contribution >= 0.6 is 0 Å². The van der Waals surface area contributed by atoms with Crippen LogP contribution in [0.15, 0.2) is 24.3 Å². The number of aryl methyl sites for hydroxylation is 1. The number of hydrogen-bond donors (Lipinski definition) is 1. The standard InChI is InChI=1S/C15H21N/c1-11-5-4-6-12(9-11)10-15(16)13-7-2-3-8-14(13)15/h4-6,9,13-14H,2-3,7-8,10,16H2,1H3. The van der Waals surface area contributed by atoms with Crippen molar-refractivity contribution in [1.82, 2.24) is 0 Å². The zero-order valence-corrected chi connectivity index (χ0v) is 10.1. The molecule has 0 heterocycles. The van der Waals surface area contributed by atoms with Crippen molar-refractivity contribution in [2.45, 2.75) is 44.6 Å². The third kappa shape index (κ3) is 1.58. The van der Waals surface area contributed by atoms with Crippen LogP contribution in [0.4, 0.5) is 0 Å². The lowest BCUT2D eigenvalue weighted by Crippen LogP contribution is -2.29. The molecule has 2 aliphatic rings. The minimum Gasteiger partial charge on any atom is -0.324 e. The van der Waals surface area contributed by atoms with Crippen LogP contribution in [0.25, 0.3) is 0 Å². The number of nitrogens with two attached hydrogens (primary N) is 1. The van der Waals surface area contributed by atoms with Crippen molar-refractivity contribution in [3.05, 3.63) is 35.4 Å². The topological polar surface area (TPSA) is 26.0 Å². The Morgan fingerprint density at radius 2 is 1.94 bits per heavy atom. The number of hydrogen-bond acceptors (Lipinski definition) is 1. The summed E-state index contributed by atoms with van der Waals surface area (Å²) in [6, 6.07) is 8.83. The lowest BCUT2D eigenvalue weighted by atomic mass is 10.00. The van der Waals surface area contributed by atoms with Crippen molar-refractivity contribution in [1.29, 1.82) is 0 Å². The first-order valence-electron chi connectivity index (χ1n) is 6.54. The fourth-order valence-electron chi connectivity index (χ4n) is 3.74. The highest BCUT2D eigenvalue weighted by Gasteiger charge is 2.61. The second-order valence-electron chi connectivity index (χ2n) is 5.78. The van der Waals surface area contributed by atoms with E-state index in [0.717, 1.165) is 18.3 Å². The van der Waals surface area contributed by atoms with Crippen molar-refractivity contribution >= 4 is 0 Å². The highest BCUT2D eigenvalue weighted by atomic mass is 14.9. The molecule has 16 heavy (non-hydrogen) atoms. The van der Waals surface area contributed by atoms with Crippen molar-refractivity contribution in [2.75, 3.05) is 0 Å². The highest BCUT2D eigenvalue weighted by molar-refractivity contribution is 5.29. The lowest BCUT2D eigenvalue weighted by molar-refractivity contribution is 0.480. The van der Waals surface area contributed by atoms with Gasteiger partial charge in [-0.2, -0.15) is 0 Å². The van der Waals surface area contributed by atoms with Crippen LogP contribution in [-0.4, -0.2) is 5.54 Å². The molecular formula is C15H21N. The maximum Gasteiger partial charge on any atom is 0.0259 e. The average Bonchev–Trinajstić information content (AvgIpc) is 2.85. The van der Waals surface area contributed by atoms with E-state index in [4.69, 9.17) is 5.73 Å². The van der Waals surface area contributed by atoms with Crippen molar-refractivity contribution in [2.24, 2.45) is 17.6 Å². The zero-order valence-electron chi connectivity index (χ0n) is 10.1. The van der Waals surface area contributed by atoms with Gasteiger partial charge in [0.05, 0.1) is 0 Å². The van der Waals surface area contributed by atoms with E-state index in [1.165, 1.54) is 36.8 Å². The van der Waals surface area contributed by atoms with Gasteiger partial charge in [-0.25, -0.2) is 0 Å². The Kier molecular flexibility index (Phi) is 2.32. The van der Waals surface area contributed by atoms with Gasteiger partial charge in [0.15, 0.2) is 0 Å². The van der Waals surface area contributed by atoms with Crippen LogP contribution in [0.1, 0.15) is 36.8 Å². The molecule has 0 aromatic heterocycles. The van der Waals surface area contributed by atoms with E-state index in [-0.39, 0.29) is 5.54 Å². The smallest absolute Gasteiger partial charge is 0.0259 e. The van der Waals surface area contributed by atoms with Gasteiger partial charge in [-0.15, -0.1) is 0 Å². The summed E-state index contributed by atoms with van der Waals surface area (Å²) in [5.74, 6) is 1.64. The third-order valence-electron chi connectivity index (χ3n) is 4.63. The Morgan fingerprint density at radius 3 is 2.56 bits per heavy atom. The summed E-state index contributed by atoms with van der Waals surface area (Å²) in [7, 11) is 0. The molecular weight excluding hydrogens is 194 g/mol. The second kappa shape index (κ2) is 3.59. The van der Waals surface area contributed by atoms with Gasteiger partial charge in [0.25, 0.3) is 0 Å². The summed E-state index contributed by atoms with van der Waals surface area (Å²) in [6.07, 6.45) is 6.62. The first-order chi connectivity index (χ1) is 7.70. The minimum absolute atomic E-state index is 0.143. The number of fused-ring (bicyclic) bond motifs is 1. The number of benzene rings is 1. The summed E-state index contributed by atoms with van der Waals surface area (Å²) in [5, 5.41) is 0. The van der Waals surface area contributed by atoms with Crippen molar-refractivity contribution < 1.29 is 0 Å². The van der Waals surface area contributed by atoms with Gasteiger partial charge in [-0.3, -0.25) is 0 Å². The normalized spacial score (nSPS) is 36.9. The number of rotatable bonds is 2. The Hall–Kier alpha value is -0.820. The molecule has 2 N–H and O–H groups in total. The van der Waals surface area contributed by atoms with Gasteiger partial charge in [0.2, 0.25) is 0 Å². The lowest BCUT2D eigenvalue weighted by Gasteiger charge is -2.12. The molecule has 86 valence electrons. The van der Waals surface area contributed by atoms with Crippen LogP contribution in [0, 0.1) is 18.8 Å².